The fourth-order valence-electron chi connectivity index (χ4n) is 1.32. The molecular formula is C10H13N3O. The largest absolute Gasteiger partial charge is 0.467 e. The van der Waals surface area contributed by atoms with Crippen LogP contribution in [-0.4, -0.2) is 9.78 Å². The van der Waals surface area contributed by atoms with Crippen LogP contribution in [0.5, 0.6) is 0 Å². The molecule has 0 fully saturated rings. The summed E-state index contributed by atoms with van der Waals surface area (Å²) in [7, 11) is 1.89. The van der Waals surface area contributed by atoms with Crippen molar-refractivity contribution in [3.63, 3.8) is 0 Å². The van der Waals surface area contributed by atoms with Crippen molar-refractivity contribution in [2.45, 2.75) is 13.0 Å². The first-order chi connectivity index (χ1) is 6.75. The lowest BCUT2D eigenvalue weighted by Crippen LogP contribution is -2.06. The van der Waals surface area contributed by atoms with Gasteiger partial charge < -0.3 is 9.73 Å². The van der Waals surface area contributed by atoms with Gasteiger partial charge in [0.1, 0.15) is 11.6 Å². The van der Waals surface area contributed by atoms with Crippen LogP contribution in [0.4, 0.5) is 5.82 Å². The average Bonchev–Trinajstić information content (AvgIpc) is 2.75. The number of aromatic nitrogens is 2. The van der Waals surface area contributed by atoms with Gasteiger partial charge >= 0.3 is 0 Å². The van der Waals surface area contributed by atoms with E-state index in [1.54, 1.807) is 10.9 Å². The molecule has 2 aromatic rings. The van der Waals surface area contributed by atoms with E-state index in [0.29, 0.717) is 0 Å². The summed E-state index contributed by atoms with van der Waals surface area (Å²) >= 11 is 0. The van der Waals surface area contributed by atoms with E-state index in [0.717, 1.165) is 11.6 Å². The van der Waals surface area contributed by atoms with E-state index in [1.807, 2.05) is 38.4 Å². The maximum atomic E-state index is 5.28. The normalized spacial score (nSPS) is 12.7. The second kappa shape index (κ2) is 3.57. The van der Waals surface area contributed by atoms with Crippen LogP contribution in [0, 0.1) is 0 Å². The fourth-order valence-corrected chi connectivity index (χ4v) is 1.32. The van der Waals surface area contributed by atoms with Crippen molar-refractivity contribution in [3.05, 3.63) is 36.4 Å². The molecule has 14 heavy (non-hydrogen) atoms. The Morgan fingerprint density at radius 1 is 1.50 bits per heavy atom. The maximum Gasteiger partial charge on any atom is 0.148 e. The highest BCUT2D eigenvalue weighted by Crippen LogP contribution is 2.17. The van der Waals surface area contributed by atoms with Crippen molar-refractivity contribution < 1.29 is 4.42 Å². The summed E-state index contributed by atoms with van der Waals surface area (Å²) in [6, 6.07) is 5.89. The number of anilines is 1. The Kier molecular flexibility index (Phi) is 2.26. The summed E-state index contributed by atoms with van der Waals surface area (Å²) in [6.45, 7) is 2.04. The van der Waals surface area contributed by atoms with Crippen molar-refractivity contribution in [2.75, 3.05) is 5.32 Å². The molecule has 0 unspecified atom stereocenters. The molecular weight excluding hydrogens is 178 g/mol. The smallest absolute Gasteiger partial charge is 0.148 e. The molecule has 0 aliphatic rings. The predicted octanol–water partition coefficient (Wildman–Crippen LogP) is 2.19. The van der Waals surface area contributed by atoms with E-state index in [4.69, 9.17) is 4.42 Å². The van der Waals surface area contributed by atoms with Gasteiger partial charge in [0.05, 0.1) is 12.3 Å². The van der Waals surface area contributed by atoms with Crippen LogP contribution >= 0.6 is 0 Å². The van der Waals surface area contributed by atoms with Crippen molar-refractivity contribution in [3.8, 4) is 0 Å². The minimum Gasteiger partial charge on any atom is -0.467 e. The summed E-state index contributed by atoms with van der Waals surface area (Å²) < 4.78 is 7.04. The Labute approximate surface area is 82.5 Å². The standard InChI is InChI=1S/C10H13N3O/c1-8(9-4-3-7-14-9)11-10-5-6-13(2)12-10/h3-8H,1-2H3,(H,11,12)/t8-/m0/s1. The second-order valence-electron chi connectivity index (χ2n) is 3.26. The molecule has 2 aromatic heterocycles. The molecule has 4 nitrogen and oxygen atoms in total. The number of hydrogen-bond donors (Lipinski definition) is 1. The molecule has 0 bridgehead atoms. The van der Waals surface area contributed by atoms with Crippen LogP contribution in [0.3, 0.4) is 0 Å². The summed E-state index contributed by atoms with van der Waals surface area (Å²) in [5.41, 5.74) is 0. The lowest BCUT2D eigenvalue weighted by Gasteiger charge is -2.09. The van der Waals surface area contributed by atoms with Gasteiger partial charge in [-0.15, -0.1) is 0 Å². The topological polar surface area (TPSA) is 43.0 Å². The molecule has 0 aliphatic heterocycles. The van der Waals surface area contributed by atoms with Gasteiger partial charge in [-0.3, -0.25) is 4.68 Å². The van der Waals surface area contributed by atoms with Gasteiger partial charge in [0.2, 0.25) is 0 Å². The highest BCUT2D eigenvalue weighted by atomic mass is 16.3. The Hall–Kier alpha value is -1.71. The van der Waals surface area contributed by atoms with Crippen molar-refractivity contribution in [1.29, 1.82) is 0 Å². The van der Waals surface area contributed by atoms with Gasteiger partial charge in [0.15, 0.2) is 0 Å². The van der Waals surface area contributed by atoms with E-state index in [2.05, 4.69) is 10.4 Å². The number of rotatable bonds is 3. The van der Waals surface area contributed by atoms with Gasteiger partial charge in [-0.1, -0.05) is 0 Å². The first-order valence-electron chi connectivity index (χ1n) is 4.55. The van der Waals surface area contributed by atoms with Crippen molar-refractivity contribution in [1.82, 2.24) is 9.78 Å². The summed E-state index contributed by atoms with van der Waals surface area (Å²) in [5, 5.41) is 7.46. The van der Waals surface area contributed by atoms with Gasteiger partial charge in [-0.2, -0.15) is 5.10 Å². The summed E-state index contributed by atoms with van der Waals surface area (Å²) in [6.07, 6.45) is 3.57. The van der Waals surface area contributed by atoms with E-state index in [1.165, 1.54) is 0 Å². The number of aryl methyl sites for hydroxylation is 1. The van der Waals surface area contributed by atoms with Crippen LogP contribution in [0.1, 0.15) is 18.7 Å². The molecule has 0 radical (unpaired) electrons. The monoisotopic (exact) mass is 191 g/mol. The Balaban J connectivity index is 2.05. The minimum atomic E-state index is 0.139. The number of nitrogens with one attached hydrogen (secondary N) is 1. The zero-order chi connectivity index (χ0) is 9.97. The molecule has 0 saturated heterocycles. The van der Waals surface area contributed by atoms with E-state index in [9.17, 15) is 0 Å². The molecule has 0 spiro atoms. The Morgan fingerprint density at radius 2 is 2.36 bits per heavy atom. The van der Waals surface area contributed by atoms with Crippen LogP contribution in [-0.2, 0) is 7.05 Å². The number of furan rings is 1. The van der Waals surface area contributed by atoms with Gasteiger partial charge in [-0.25, -0.2) is 0 Å². The van der Waals surface area contributed by atoms with Crippen LogP contribution in [0.15, 0.2) is 35.1 Å². The van der Waals surface area contributed by atoms with E-state index in [-0.39, 0.29) is 6.04 Å². The minimum absolute atomic E-state index is 0.139. The van der Waals surface area contributed by atoms with E-state index >= 15 is 0 Å². The second-order valence-corrected chi connectivity index (χ2v) is 3.26. The average molecular weight is 191 g/mol. The molecule has 0 aliphatic carbocycles. The molecule has 1 atom stereocenters. The fraction of sp³-hybridized carbons (Fsp3) is 0.300. The first kappa shape index (κ1) is 8.87. The molecule has 0 aromatic carbocycles. The molecule has 1 N–H and O–H groups in total. The third-order valence-electron chi connectivity index (χ3n) is 2.05. The van der Waals surface area contributed by atoms with Crippen LogP contribution in [0.2, 0.25) is 0 Å². The van der Waals surface area contributed by atoms with E-state index < -0.39 is 0 Å². The molecule has 4 heteroatoms. The highest BCUT2D eigenvalue weighted by molar-refractivity contribution is 5.34. The predicted molar refractivity (Wildman–Crippen MR) is 54.0 cm³/mol. The third kappa shape index (κ3) is 1.79. The zero-order valence-corrected chi connectivity index (χ0v) is 8.27. The molecule has 2 rings (SSSR count). The summed E-state index contributed by atoms with van der Waals surface area (Å²) in [5.74, 6) is 1.77. The quantitative estimate of drug-likeness (QED) is 0.808. The van der Waals surface area contributed by atoms with Crippen molar-refractivity contribution >= 4 is 5.82 Å². The lowest BCUT2D eigenvalue weighted by atomic mass is 10.2. The molecule has 74 valence electrons. The molecule has 0 amide bonds. The molecule has 2 heterocycles. The molecule has 0 saturated carbocycles. The van der Waals surface area contributed by atoms with Gasteiger partial charge in [-0.05, 0) is 19.1 Å². The SMILES string of the molecule is C[C@H](Nc1ccn(C)n1)c1ccco1. The highest BCUT2D eigenvalue weighted by Gasteiger charge is 2.08. The summed E-state index contributed by atoms with van der Waals surface area (Å²) in [4.78, 5) is 0. The number of nitrogens with zero attached hydrogens (tertiary/aromatic N) is 2. The number of hydrogen-bond acceptors (Lipinski definition) is 3. The first-order valence-corrected chi connectivity index (χ1v) is 4.55. The van der Waals surface area contributed by atoms with Crippen LogP contribution < -0.4 is 5.32 Å². The Bertz CT molecular complexity index is 391. The van der Waals surface area contributed by atoms with Gasteiger partial charge in [0.25, 0.3) is 0 Å². The van der Waals surface area contributed by atoms with Crippen molar-refractivity contribution in [2.24, 2.45) is 7.05 Å². The Morgan fingerprint density at radius 3 is 2.93 bits per heavy atom. The zero-order valence-electron chi connectivity index (χ0n) is 8.27. The lowest BCUT2D eigenvalue weighted by molar-refractivity contribution is 0.490. The van der Waals surface area contributed by atoms with Gasteiger partial charge in [0, 0.05) is 19.3 Å². The van der Waals surface area contributed by atoms with Crippen LogP contribution in [0.25, 0.3) is 0 Å². The third-order valence-corrected chi connectivity index (χ3v) is 2.05. The maximum absolute atomic E-state index is 5.28.